The number of carbonyl (C=O) groups is 1. The molecule has 2 rings (SSSR count). The Morgan fingerprint density at radius 3 is 2.87 bits per heavy atom. The van der Waals surface area contributed by atoms with E-state index in [1.165, 1.54) is 5.01 Å². The first-order valence-corrected chi connectivity index (χ1v) is 4.88. The van der Waals surface area contributed by atoms with Gasteiger partial charge in [-0.2, -0.15) is 10.1 Å². The van der Waals surface area contributed by atoms with Crippen LogP contribution in [0.15, 0.2) is 23.3 Å². The molecular formula is C10H10ClN3O. The van der Waals surface area contributed by atoms with Crippen LogP contribution in [-0.2, 0) is 4.79 Å². The van der Waals surface area contributed by atoms with Crippen molar-refractivity contribution in [3.05, 3.63) is 28.8 Å². The van der Waals surface area contributed by atoms with E-state index in [1.807, 2.05) is 19.1 Å². The maximum Gasteiger partial charge on any atom is 0.255 e. The average molecular weight is 224 g/mol. The number of hydrogen-bond donors (Lipinski definition) is 1. The molecule has 4 nitrogen and oxygen atoms in total. The highest BCUT2D eigenvalue weighted by Crippen LogP contribution is 2.29. The van der Waals surface area contributed by atoms with Crippen LogP contribution in [-0.4, -0.2) is 11.7 Å². The molecule has 0 aromatic heterocycles. The average Bonchev–Trinajstić information content (AvgIpc) is 2.50. The molecular weight excluding hydrogens is 214 g/mol. The quantitative estimate of drug-likeness (QED) is 0.787. The minimum Gasteiger partial charge on any atom is -0.385 e. The zero-order valence-corrected chi connectivity index (χ0v) is 8.95. The molecule has 5 heteroatoms. The molecule has 1 aliphatic rings. The molecule has 0 bridgehead atoms. The third kappa shape index (κ3) is 1.80. The predicted molar refractivity (Wildman–Crippen MR) is 59.9 cm³/mol. The second kappa shape index (κ2) is 3.55. The number of aryl methyl sites for hydroxylation is 1. The first-order valence-electron chi connectivity index (χ1n) is 4.50. The summed E-state index contributed by atoms with van der Waals surface area (Å²) in [6, 6.07) is 5.42. The molecule has 1 aromatic rings. The van der Waals surface area contributed by atoms with Gasteiger partial charge < -0.3 is 5.73 Å². The van der Waals surface area contributed by atoms with Crippen molar-refractivity contribution in [2.45, 2.75) is 13.3 Å². The lowest BCUT2D eigenvalue weighted by Gasteiger charge is -2.13. The third-order valence-electron chi connectivity index (χ3n) is 2.13. The molecule has 2 N–H and O–H groups in total. The van der Waals surface area contributed by atoms with E-state index < -0.39 is 0 Å². The van der Waals surface area contributed by atoms with Gasteiger partial charge in [-0.25, -0.2) is 0 Å². The van der Waals surface area contributed by atoms with E-state index in [9.17, 15) is 4.79 Å². The fraction of sp³-hybridized carbons (Fsp3) is 0.200. The SMILES string of the molecule is Cc1ccc(Cl)c(N2N=C(N)CC2=O)c1. The number of rotatable bonds is 1. The maximum absolute atomic E-state index is 11.5. The molecule has 0 fully saturated rings. The molecule has 0 saturated carbocycles. The van der Waals surface area contributed by atoms with Gasteiger partial charge in [-0.3, -0.25) is 4.79 Å². The van der Waals surface area contributed by atoms with E-state index in [-0.39, 0.29) is 12.3 Å². The van der Waals surface area contributed by atoms with Gasteiger partial charge in [0.15, 0.2) is 0 Å². The summed E-state index contributed by atoms with van der Waals surface area (Å²) in [5, 5.41) is 5.68. The number of hydrazone groups is 1. The first kappa shape index (κ1) is 9.98. The van der Waals surface area contributed by atoms with E-state index in [4.69, 9.17) is 17.3 Å². The highest BCUT2D eigenvalue weighted by molar-refractivity contribution is 6.34. The normalized spacial score (nSPS) is 15.7. The molecule has 1 heterocycles. The Morgan fingerprint density at radius 1 is 1.53 bits per heavy atom. The van der Waals surface area contributed by atoms with Crippen molar-refractivity contribution in [2.24, 2.45) is 10.8 Å². The van der Waals surface area contributed by atoms with Gasteiger partial charge in [0.2, 0.25) is 0 Å². The van der Waals surface area contributed by atoms with Gasteiger partial charge in [0.05, 0.1) is 17.1 Å². The van der Waals surface area contributed by atoms with Crippen molar-refractivity contribution in [1.29, 1.82) is 0 Å². The molecule has 0 atom stereocenters. The topological polar surface area (TPSA) is 58.7 Å². The lowest BCUT2D eigenvalue weighted by Crippen LogP contribution is -2.20. The summed E-state index contributed by atoms with van der Waals surface area (Å²) in [6.07, 6.45) is 0.157. The number of nitrogens with zero attached hydrogens (tertiary/aromatic N) is 2. The second-order valence-corrected chi connectivity index (χ2v) is 3.84. The van der Waals surface area contributed by atoms with E-state index in [1.54, 1.807) is 6.07 Å². The molecule has 1 aliphatic heterocycles. The van der Waals surface area contributed by atoms with Crippen LogP contribution < -0.4 is 10.7 Å². The summed E-state index contributed by atoms with van der Waals surface area (Å²) in [7, 11) is 0. The van der Waals surface area contributed by atoms with Crippen molar-refractivity contribution >= 4 is 29.0 Å². The highest BCUT2D eigenvalue weighted by Gasteiger charge is 2.25. The van der Waals surface area contributed by atoms with Crippen LogP contribution in [0.2, 0.25) is 5.02 Å². The number of benzene rings is 1. The summed E-state index contributed by atoms with van der Waals surface area (Å²) in [6.45, 7) is 1.92. The largest absolute Gasteiger partial charge is 0.385 e. The molecule has 0 radical (unpaired) electrons. The lowest BCUT2D eigenvalue weighted by molar-refractivity contribution is -0.116. The first-order chi connectivity index (χ1) is 7.08. The Morgan fingerprint density at radius 2 is 2.27 bits per heavy atom. The monoisotopic (exact) mass is 223 g/mol. The molecule has 78 valence electrons. The van der Waals surface area contributed by atoms with E-state index in [0.29, 0.717) is 16.5 Å². The Balaban J connectivity index is 2.45. The molecule has 1 aromatic carbocycles. The highest BCUT2D eigenvalue weighted by atomic mass is 35.5. The summed E-state index contributed by atoms with van der Waals surface area (Å²) in [5.74, 6) is 0.164. The van der Waals surface area contributed by atoms with Crippen LogP contribution in [0.25, 0.3) is 0 Å². The van der Waals surface area contributed by atoms with Gasteiger partial charge in [-0.15, -0.1) is 0 Å². The fourth-order valence-electron chi connectivity index (χ4n) is 1.42. The van der Waals surface area contributed by atoms with Gasteiger partial charge in [0.1, 0.15) is 5.84 Å². The van der Waals surface area contributed by atoms with E-state index >= 15 is 0 Å². The van der Waals surface area contributed by atoms with Gasteiger partial charge in [-0.05, 0) is 24.6 Å². The van der Waals surface area contributed by atoms with Crippen molar-refractivity contribution in [3.63, 3.8) is 0 Å². The minimum absolute atomic E-state index is 0.153. The number of hydrogen-bond acceptors (Lipinski definition) is 3. The van der Waals surface area contributed by atoms with E-state index in [0.717, 1.165) is 5.56 Å². The minimum atomic E-state index is -0.153. The zero-order valence-electron chi connectivity index (χ0n) is 8.20. The second-order valence-electron chi connectivity index (χ2n) is 3.43. The van der Waals surface area contributed by atoms with Crippen molar-refractivity contribution < 1.29 is 4.79 Å². The molecule has 0 spiro atoms. The summed E-state index contributed by atoms with van der Waals surface area (Å²) >= 11 is 5.99. The number of carbonyl (C=O) groups excluding carboxylic acids is 1. The number of amides is 1. The molecule has 0 unspecified atom stereocenters. The van der Waals surface area contributed by atoms with Crippen LogP contribution in [0, 0.1) is 6.92 Å². The van der Waals surface area contributed by atoms with Crippen molar-refractivity contribution in [2.75, 3.05) is 5.01 Å². The Hall–Kier alpha value is -1.55. The van der Waals surface area contributed by atoms with Gasteiger partial charge in [0, 0.05) is 0 Å². The molecule has 15 heavy (non-hydrogen) atoms. The molecule has 0 aliphatic carbocycles. The fourth-order valence-corrected chi connectivity index (χ4v) is 1.62. The summed E-state index contributed by atoms with van der Waals surface area (Å²) in [5.41, 5.74) is 7.09. The third-order valence-corrected chi connectivity index (χ3v) is 2.45. The molecule has 1 amide bonds. The Labute approximate surface area is 92.3 Å². The summed E-state index contributed by atoms with van der Waals surface area (Å²) < 4.78 is 0. The number of amidine groups is 1. The Bertz CT molecular complexity index is 456. The number of halogens is 1. The zero-order chi connectivity index (χ0) is 11.0. The van der Waals surface area contributed by atoms with Gasteiger partial charge in [-0.1, -0.05) is 17.7 Å². The van der Waals surface area contributed by atoms with Crippen LogP contribution >= 0.6 is 11.6 Å². The number of nitrogens with two attached hydrogens (primary N) is 1. The summed E-state index contributed by atoms with van der Waals surface area (Å²) in [4.78, 5) is 11.5. The van der Waals surface area contributed by atoms with Crippen molar-refractivity contribution in [3.8, 4) is 0 Å². The smallest absolute Gasteiger partial charge is 0.255 e. The van der Waals surface area contributed by atoms with E-state index in [2.05, 4.69) is 5.10 Å². The Kier molecular flexibility index (Phi) is 2.36. The lowest BCUT2D eigenvalue weighted by atomic mass is 10.2. The predicted octanol–water partition coefficient (Wildman–Crippen LogP) is 1.66. The molecule has 0 saturated heterocycles. The number of anilines is 1. The van der Waals surface area contributed by atoms with Gasteiger partial charge in [0.25, 0.3) is 5.91 Å². The van der Waals surface area contributed by atoms with Gasteiger partial charge >= 0.3 is 0 Å². The van der Waals surface area contributed by atoms with Crippen LogP contribution in [0.4, 0.5) is 5.69 Å². The maximum atomic E-state index is 11.5. The van der Waals surface area contributed by atoms with Crippen LogP contribution in [0.5, 0.6) is 0 Å². The standard InChI is InChI=1S/C10H10ClN3O/c1-6-2-3-7(11)8(4-6)14-10(15)5-9(12)13-14/h2-4H,5H2,1H3,(H2,12,13). The van der Waals surface area contributed by atoms with Crippen LogP contribution in [0.3, 0.4) is 0 Å². The van der Waals surface area contributed by atoms with Crippen LogP contribution in [0.1, 0.15) is 12.0 Å². The van der Waals surface area contributed by atoms with Crippen molar-refractivity contribution in [1.82, 2.24) is 0 Å².